The van der Waals surface area contributed by atoms with Crippen molar-refractivity contribution in [3.05, 3.63) is 28.7 Å². The Kier molecular flexibility index (Phi) is 5.34. The first-order chi connectivity index (χ1) is 10.8. The summed E-state index contributed by atoms with van der Waals surface area (Å²) in [4.78, 5) is 23.4. The second-order valence-corrected chi connectivity index (χ2v) is 7.11. The van der Waals surface area contributed by atoms with Crippen LogP contribution in [0.3, 0.4) is 0 Å². The summed E-state index contributed by atoms with van der Waals surface area (Å²) in [5, 5.41) is 6.28. The lowest BCUT2D eigenvalue weighted by Crippen LogP contribution is -2.50. The van der Waals surface area contributed by atoms with Gasteiger partial charge in [-0.15, -0.1) is 0 Å². The van der Waals surface area contributed by atoms with Gasteiger partial charge in [0.1, 0.15) is 5.60 Å². The normalized spacial score (nSPS) is 20.5. The Morgan fingerprint density at radius 2 is 2.00 bits per heavy atom. The van der Waals surface area contributed by atoms with Crippen molar-refractivity contribution in [3.8, 4) is 0 Å². The Bertz CT molecular complexity index is 598. The lowest BCUT2D eigenvalue weighted by Gasteiger charge is -2.37. The quantitative estimate of drug-likeness (QED) is 0.874. The summed E-state index contributed by atoms with van der Waals surface area (Å²) in [6, 6.07) is 3.85. The van der Waals surface area contributed by atoms with E-state index >= 15 is 0 Å². The summed E-state index contributed by atoms with van der Waals surface area (Å²) < 4.78 is 6.96. The fraction of sp³-hybridized carbons (Fsp3) is 0.647. The van der Waals surface area contributed by atoms with E-state index in [0.717, 1.165) is 31.5 Å². The minimum absolute atomic E-state index is 0.0236. The van der Waals surface area contributed by atoms with Crippen molar-refractivity contribution in [2.45, 2.75) is 71.2 Å². The molecule has 1 aromatic heterocycles. The average molecular weight is 321 g/mol. The van der Waals surface area contributed by atoms with Crippen LogP contribution in [0.25, 0.3) is 0 Å². The molecule has 0 saturated heterocycles. The Hall–Kier alpha value is -1.98. The number of hydrogen-bond donors (Lipinski definition) is 2. The first-order valence-corrected chi connectivity index (χ1v) is 8.23. The number of nitrogens with zero attached hydrogens (tertiary/aromatic N) is 1. The van der Waals surface area contributed by atoms with Gasteiger partial charge >= 0.3 is 6.09 Å². The first kappa shape index (κ1) is 17.4. The summed E-state index contributed by atoms with van der Waals surface area (Å²) >= 11 is 0. The van der Waals surface area contributed by atoms with Crippen LogP contribution >= 0.6 is 0 Å². The average Bonchev–Trinajstić information content (AvgIpc) is 2.38. The maximum Gasteiger partial charge on any atom is 0.407 e. The maximum absolute atomic E-state index is 11.7. The molecule has 23 heavy (non-hydrogen) atoms. The number of aryl methyl sites for hydroxylation is 1. The number of carbonyl (C=O) groups excluding carboxylic acids is 1. The maximum atomic E-state index is 11.7. The molecule has 6 nitrogen and oxygen atoms in total. The van der Waals surface area contributed by atoms with Crippen LogP contribution in [0.4, 0.5) is 10.5 Å². The van der Waals surface area contributed by atoms with Gasteiger partial charge in [-0.3, -0.25) is 4.79 Å². The largest absolute Gasteiger partial charge is 0.444 e. The fourth-order valence-electron chi connectivity index (χ4n) is 2.60. The van der Waals surface area contributed by atoms with E-state index in [1.165, 1.54) is 0 Å². The van der Waals surface area contributed by atoms with Gasteiger partial charge in [-0.25, -0.2) is 4.79 Å². The van der Waals surface area contributed by atoms with Gasteiger partial charge in [-0.2, -0.15) is 0 Å². The molecule has 2 N–H and O–H groups in total. The van der Waals surface area contributed by atoms with E-state index in [1.54, 1.807) is 10.6 Å². The second-order valence-electron chi connectivity index (χ2n) is 7.11. The van der Waals surface area contributed by atoms with E-state index in [-0.39, 0.29) is 17.7 Å². The summed E-state index contributed by atoms with van der Waals surface area (Å²) in [5.74, 6) is 0. The third-order valence-electron chi connectivity index (χ3n) is 3.68. The smallest absolute Gasteiger partial charge is 0.407 e. The van der Waals surface area contributed by atoms with Crippen LogP contribution in [0.2, 0.25) is 0 Å². The molecule has 0 atom stereocenters. The van der Waals surface area contributed by atoms with Gasteiger partial charge in [0, 0.05) is 30.9 Å². The van der Waals surface area contributed by atoms with Gasteiger partial charge in [-0.05, 0) is 46.1 Å². The Morgan fingerprint density at radius 1 is 1.30 bits per heavy atom. The van der Waals surface area contributed by atoms with Crippen molar-refractivity contribution in [2.24, 2.45) is 0 Å². The SMILES string of the molecule is CCCn1cc(NC2CC(NC(=O)OC(C)(C)C)C2)ccc1=O. The number of anilines is 1. The molecule has 1 heterocycles. The third-order valence-corrected chi connectivity index (χ3v) is 3.68. The molecule has 1 saturated carbocycles. The Balaban J connectivity index is 1.79. The van der Waals surface area contributed by atoms with Gasteiger partial charge in [0.2, 0.25) is 0 Å². The first-order valence-electron chi connectivity index (χ1n) is 8.23. The van der Waals surface area contributed by atoms with Crippen molar-refractivity contribution in [2.75, 3.05) is 5.32 Å². The monoisotopic (exact) mass is 321 g/mol. The number of alkyl carbamates (subject to hydrolysis) is 1. The zero-order valence-corrected chi connectivity index (χ0v) is 14.4. The molecule has 128 valence electrons. The number of hydrogen-bond acceptors (Lipinski definition) is 4. The minimum Gasteiger partial charge on any atom is -0.444 e. The highest BCUT2D eigenvalue weighted by atomic mass is 16.6. The number of amides is 1. The molecule has 1 fully saturated rings. The van der Waals surface area contributed by atoms with Crippen molar-refractivity contribution in [3.63, 3.8) is 0 Å². The molecule has 1 amide bonds. The number of aromatic nitrogens is 1. The number of rotatable bonds is 5. The van der Waals surface area contributed by atoms with E-state index in [9.17, 15) is 9.59 Å². The summed E-state index contributed by atoms with van der Waals surface area (Å²) in [6.45, 7) is 8.32. The molecule has 0 spiro atoms. The van der Waals surface area contributed by atoms with E-state index in [0.29, 0.717) is 6.04 Å². The van der Waals surface area contributed by atoms with Crippen LogP contribution in [-0.2, 0) is 11.3 Å². The van der Waals surface area contributed by atoms with E-state index in [1.807, 2.05) is 40.0 Å². The van der Waals surface area contributed by atoms with Crippen LogP contribution < -0.4 is 16.2 Å². The van der Waals surface area contributed by atoms with Crippen molar-refractivity contribution < 1.29 is 9.53 Å². The summed E-state index contributed by atoms with van der Waals surface area (Å²) in [7, 11) is 0. The fourth-order valence-corrected chi connectivity index (χ4v) is 2.60. The highest BCUT2D eigenvalue weighted by Crippen LogP contribution is 2.24. The minimum atomic E-state index is -0.474. The number of pyridine rings is 1. The van der Waals surface area contributed by atoms with Crippen molar-refractivity contribution >= 4 is 11.8 Å². The molecule has 1 aromatic rings. The molecule has 0 bridgehead atoms. The standard InChI is InChI=1S/C17H27N3O3/c1-5-8-20-11-12(6-7-15(20)21)18-13-9-14(10-13)19-16(22)23-17(2,3)4/h6-7,11,13-14,18H,5,8-10H2,1-4H3,(H,19,22). The molecular formula is C17H27N3O3. The second kappa shape index (κ2) is 7.06. The molecule has 2 rings (SSSR count). The van der Waals surface area contributed by atoms with Crippen LogP contribution in [0, 0.1) is 0 Å². The van der Waals surface area contributed by atoms with Gasteiger partial charge in [0.25, 0.3) is 5.56 Å². The molecule has 1 aliphatic carbocycles. The van der Waals surface area contributed by atoms with Gasteiger partial charge in [0.05, 0.1) is 5.69 Å². The highest BCUT2D eigenvalue weighted by molar-refractivity contribution is 5.68. The van der Waals surface area contributed by atoms with Crippen molar-refractivity contribution in [1.82, 2.24) is 9.88 Å². The van der Waals surface area contributed by atoms with Crippen molar-refractivity contribution in [1.29, 1.82) is 0 Å². The molecular weight excluding hydrogens is 294 g/mol. The summed E-state index contributed by atoms with van der Waals surface area (Å²) in [6.07, 6.45) is 4.13. The molecule has 0 aromatic carbocycles. The molecule has 1 aliphatic rings. The van der Waals surface area contributed by atoms with E-state index in [2.05, 4.69) is 10.6 Å². The predicted octanol–water partition coefficient (Wildman–Crippen LogP) is 2.73. The molecule has 0 unspecified atom stereocenters. The van der Waals surface area contributed by atoms with Crippen LogP contribution in [-0.4, -0.2) is 28.3 Å². The topological polar surface area (TPSA) is 72.4 Å². The third kappa shape index (κ3) is 5.30. The van der Waals surface area contributed by atoms with E-state index < -0.39 is 5.60 Å². The van der Waals surface area contributed by atoms with E-state index in [4.69, 9.17) is 4.74 Å². The van der Waals surface area contributed by atoms with Crippen LogP contribution in [0.5, 0.6) is 0 Å². The number of ether oxygens (including phenoxy) is 1. The zero-order chi connectivity index (χ0) is 17.0. The number of nitrogens with one attached hydrogen (secondary N) is 2. The van der Waals surface area contributed by atoms with Gasteiger partial charge < -0.3 is 19.9 Å². The van der Waals surface area contributed by atoms with Crippen LogP contribution in [0.15, 0.2) is 23.1 Å². The van der Waals surface area contributed by atoms with Gasteiger partial charge in [0.15, 0.2) is 0 Å². The lowest BCUT2D eigenvalue weighted by atomic mass is 9.87. The predicted molar refractivity (Wildman–Crippen MR) is 90.8 cm³/mol. The lowest BCUT2D eigenvalue weighted by molar-refractivity contribution is 0.0475. The Morgan fingerprint density at radius 3 is 2.61 bits per heavy atom. The highest BCUT2D eigenvalue weighted by Gasteiger charge is 2.31. The Labute approximate surface area is 137 Å². The zero-order valence-electron chi connectivity index (χ0n) is 14.4. The molecule has 0 aliphatic heterocycles. The summed E-state index contributed by atoms with van der Waals surface area (Å²) in [5.41, 5.74) is 0.493. The van der Waals surface area contributed by atoms with Crippen LogP contribution in [0.1, 0.15) is 47.0 Å². The van der Waals surface area contributed by atoms with Gasteiger partial charge in [-0.1, -0.05) is 6.92 Å². The number of carbonyl (C=O) groups is 1. The molecule has 0 radical (unpaired) electrons. The molecule has 6 heteroatoms.